The first-order valence-corrected chi connectivity index (χ1v) is 13.3. The van der Waals surface area contributed by atoms with E-state index < -0.39 is 17.6 Å². The summed E-state index contributed by atoms with van der Waals surface area (Å²) in [6.07, 6.45) is 2.57. The number of benzene rings is 3. The van der Waals surface area contributed by atoms with Crippen LogP contribution in [0.2, 0.25) is 0 Å². The van der Waals surface area contributed by atoms with E-state index >= 15 is 0 Å². The van der Waals surface area contributed by atoms with Gasteiger partial charge in [0.1, 0.15) is 11.3 Å². The zero-order valence-corrected chi connectivity index (χ0v) is 22.5. The topological polar surface area (TPSA) is 115 Å². The van der Waals surface area contributed by atoms with Crippen molar-refractivity contribution in [2.75, 3.05) is 0 Å². The van der Waals surface area contributed by atoms with Crippen LogP contribution in [0.4, 0.5) is 4.79 Å². The van der Waals surface area contributed by atoms with E-state index in [1.54, 1.807) is 12.1 Å². The monoisotopic (exact) mass is 526 g/mol. The smallest absolute Gasteiger partial charge is 0.407 e. The van der Waals surface area contributed by atoms with E-state index in [9.17, 15) is 14.4 Å². The van der Waals surface area contributed by atoms with Crippen LogP contribution in [0.25, 0.3) is 27.4 Å². The molecule has 0 saturated heterocycles. The molecule has 0 aliphatic heterocycles. The zero-order chi connectivity index (χ0) is 27.7. The maximum absolute atomic E-state index is 13.7. The third kappa shape index (κ3) is 5.74. The first-order valence-electron chi connectivity index (χ1n) is 13.3. The lowest BCUT2D eigenvalue weighted by atomic mass is 9.91. The standard InChI is InChI=1S/C31H34N4O4/c1-31(2,3)39-30(38)34-23-15-13-22(14-16-23)33-29(37)27-17-20-11-12-21(28(32)36)18-26(20)35(27)25-10-6-8-19-7-4-5-9-24(19)25/h4-12,17-18,22-23H,13-16H2,1-3H3,(H2,32,36)(H,33,37)(H,34,38)/t22-,23-. The van der Waals surface area contributed by atoms with Gasteiger partial charge in [-0.15, -0.1) is 0 Å². The highest BCUT2D eigenvalue weighted by molar-refractivity contribution is 6.04. The van der Waals surface area contributed by atoms with Gasteiger partial charge in [-0.05, 0) is 76.1 Å². The molecule has 1 saturated carbocycles. The molecule has 1 aliphatic carbocycles. The predicted molar refractivity (Wildman–Crippen MR) is 152 cm³/mol. The third-order valence-electron chi connectivity index (χ3n) is 7.11. The lowest BCUT2D eigenvalue weighted by Crippen LogP contribution is -2.45. The summed E-state index contributed by atoms with van der Waals surface area (Å²) in [6, 6.07) is 21.1. The number of fused-ring (bicyclic) bond motifs is 2. The number of hydrogen-bond acceptors (Lipinski definition) is 4. The van der Waals surface area contributed by atoms with Crippen molar-refractivity contribution in [2.24, 2.45) is 5.73 Å². The number of amides is 3. The van der Waals surface area contributed by atoms with E-state index in [-0.39, 0.29) is 18.0 Å². The molecule has 3 aromatic carbocycles. The molecule has 0 bridgehead atoms. The predicted octanol–water partition coefficient (Wildman–Crippen LogP) is 5.45. The minimum Gasteiger partial charge on any atom is -0.444 e. The molecule has 1 heterocycles. The molecular formula is C31H34N4O4. The van der Waals surface area contributed by atoms with Gasteiger partial charge in [0.15, 0.2) is 0 Å². The Labute approximate surface area is 227 Å². The number of nitrogens with one attached hydrogen (secondary N) is 2. The molecule has 1 fully saturated rings. The van der Waals surface area contributed by atoms with Gasteiger partial charge in [-0.2, -0.15) is 0 Å². The van der Waals surface area contributed by atoms with E-state index in [0.717, 1.165) is 53.0 Å². The van der Waals surface area contributed by atoms with Gasteiger partial charge in [0.05, 0.1) is 11.2 Å². The van der Waals surface area contributed by atoms with Gasteiger partial charge in [0.25, 0.3) is 5.91 Å². The van der Waals surface area contributed by atoms with Crippen molar-refractivity contribution in [1.29, 1.82) is 0 Å². The molecule has 0 unspecified atom stereocenters. The number of carbonyl (C=O) groups is 3. The van der Waals surface area contributed by atoms with Crippen LogP contribution in [0.1, 0.15) is 67.3 Å². The van der Waals surface area contributed by atoms with Crippen molar-refractivity contribution in [2.45, 2.75) is 64.1 Å². The van der Waals surface area contributed by atoms with Crippen LogP contribution in [0, 0.1) is 0 Å². The Hall–Kier alpha value is -4.33. The summed E-state index contributed by atoms with van der Waals surface area (Å²) in [5.41, 5.74) is 7.48. The van der Waals surface area contributed by atoms with Crippen LogP contribution in [0.3, 0.4) is 0 Å². The summed E-state index contributed by atoms with van der Waals surface area (Å²) in [6.45, 7) is 5.52. The molecule has 8 heteroatoms. The van der Waals surface area contributed by atoms with Crippen LogP contribution in [-0.4, -0.2) is 40.2 Å². The van der Waals surface area contributed by atoms with Crippen molar-refractivity contribution in [3.8, 4) is 5.69 Å². The molecular weight excluding hydrogens is 492 g/mol. The van der Waals surface area contributed by atoms with Gasteiger partial charge in [-0.1, -0.05) is 42.5 Å². The van der Waals surface area contributed by atoms with Crippen LogP contribution in [-0.2, 0) is 4.74 Å². The fourth-order valence-corrected chi connectivity index (χ4v) is 5.30. The van der Waals surface area contributed by atoms with Gasteiger partial charge in [0, 0.05) is 28.4 Å². The second-order valence-electron chi connectivity index (χ2n) is 11.2. The van der Waals surface area contributed by atoms with Crippen LogP contribution in [0.5, 0.6) is 0 Å². The van der Waals surface area contributed by atoms with Crippen LogP contribution < -0.4 is 16.4 Å². The summed E-state index contributed by atoms with van der Waals surface area (Å²) >= 11 is 0. The number of nitrogens with two attached hydrogens (primary N) is 1. The maximum atomic E-state index is 13.7. The molecule has 4 N–H and O–H groups in total. The number of primary amides is 1. The van der Waals surface area contributed by atoms with Gasteiger partial charge < -0.3 is 25.7 Å². The number of carbonyl (C=O) groups excluding carboxylic acids is 3. The maximum Gasteiger partial charge on any atom is 0.407 e. The van der Waals surface area contributed by atoms with E-state index in [1.807, 2.05) is 79.9 Å². The SMILES string of the molecule is CC(C)(C)OC(=O)N[C@H]1CC[C@H](NC(=O)c2cc3ccc(C(N)=O)cc3n2-c2cccc3ccccc23)CC1. The molecule has 3 amide bonds. The third-order valence-corrected chi connectivity index (χ3v) is 7.11. The first-order chi connectivity index (χ1) is 18.6. The van der Waals surface area contributed by atoms with Gasteiger partial charge in [-0.25, -0.2) is 4.79 Å². The Morgan fingerprint density at radius 2 is 1.51 bits per heavy atom. The van der Waals surface area contributed by atoms with E-state index in [0.29, 0.717) is 11.3 Å². The van der Waals surface area contributed by atoms with Crippen LogP contribution in [0.15, 0.2) is 66.7 Å². The number of nitrogens with zero attached hydrogens (tertiary/aromatic N) is 1. The van der Waals surface area contributed by atoms with Crippen molar-refractivity contribution in [3.63, 3.8) is 0 Å². The summed E-state index contributed by atoms with van der Waals surface area (Å²) in [5, 5.41) is 9.03. The Bertz CT molecular complexity index is 1550. The number of aromatic nitrogens is 1. The van der Waals surface area contributed by atoms with E-state index in [2.05, 4.69) is 10.6 Å². The summed E-state index contributed by atoms with van der Waals surface area (Å²) in [5.74, 6) is -0.714. The minimum atomic E-state index is -0.546. The number of hydrogen-bond donors (Lipinski definition) is 3. The largest absolute Gasteiger partial charge is 0.444 e. The summed E-state index contributed by atoms with van der Waals surface area (Å²) in [7, 11) is 0. The molecule has 1 aromatic heterocycles. The summed E-state index contributed by atoms with van der Waals surface area (Å²) in [4.78, 5) is 37.9. The molecule has 0 spiro atoms. The van der Waals surface area contributed by atoms with Crippen molar-refractivity contribution >= 4 is 39.6 Å². The second kappa shape index (κ2) is 10.4. The Morgan fingerprint density at radius 3 is 2.21 bits per heavy atom. The molecule has 4 aromatic rings. The van der Waals surface area contributed by atoms with Gasteiger partial charge in [-0.3, -0.25) is 9.59 Å². The Morgan fingerprint density at radius 1 is 0.846 bits per heavy atom. The Kier molecular flexibility index (Phi) is 7.04. The quantitative estimate of drug-likeness (QED) is 0.321. The highest BCUT2D eigenvalue weighted by Crippen LogP contribution is 2.31. The zero-order valence-electron chi connectivity index (χ0n) is 22.5. The number of ether oxygens (including phenoxy) is 1. The molecule has 5 rings (SSSR count). The number of alkyl carbamates (subject to hydrolysis) is 1. The van der Waals surface area contributed by atoms with Crippen LogP contribution >= 0.6 is 0 Å². The summed E-state index contributed by atoms with van der Waals surface area (Å²) < 4.78 is 7.29. The second-order valence-corrected chi connectivity index (χ2v) is 11.2. The lowest BCUT2D eigenvalue weighted by Gasteiger charge is -2.30. The highest BCUT2D eigenvalue weighted by atomic mass is 16.6. The average Bonchev–Trinajstić information content (AvgIpc) is 3.27. The number of rotatable bonds is 5. The minimum absolute atomic E-state index is 0.0161. The molecule has 1 aliphatic rings. The normalized spacial score (nSPS) is 17.6. The van der Waals surface area contributed by atoms with Crippen molar-refractivity contribution in [3.05, 3.63) is 78.0 Å². The fourth-order valence-electron chi connectivity index (χ4n) is 5.30. The van der Waals surface area contributed by atoms with E-state index in [4.69, 9.17) is 10.5 Å². The van der Waals surface area contributed by atoms with Crippen molar-refractivity contribution < 1.29 is 19.1 Å². The molecule has 39 heavy (non-hydrogen) atoms. The van der Waals surface area contributed by atoms with Gasteiger partial charge in [0.2, 0.25) is 5.91 Å². The molecule has 0 atom stereocenters. The molecule has 0 radical (unpaired) electrons. The van der Waals surface area contributed by atoms with E-state index in [1.165, 1.54) is 0 Å². The highest BCUT2D eigenvalue weighted by Gasteiger charge is 2.27. The van der Waals surface area contributed by atoms with Gasteiger partial charge >= 0.3 is 6.09 Å². The average molecular weight is 527 g/mol. The molecule has 202 valence electrons. The molecule has 8 nitrogen and oxygen atoms in total. The fraction of sp³-hybridized carbons (Fsp3) is 0.323. The Balaban J connectivity index is 1.41. The first kappa shape index (κ1) is 26.3. The lowest BCUT2D eigenvalue weighted by molar-refractivity contribution is 0.0487. The van der Waals surface area contributed by atoms with Crippen molar-refractivity contribution in [1.82, 2.24) is 15.2 Å².